The molecule has 0 spiro atoms. The molecule has 0 radical (unpaired) electrons. The molecule has 2 aliphatic carbocycles. The van der Waals surface area contributed by atoms with Crippen molar-refractivity contribution in [3.63, 3.8) is 0 Å². The molecule has 0 bridgehead atoms. The first-order valence-electron chi connectivity index (χ1n) is 13.2. The predicted molar refractivity (Wildman–Crippen MR) is 135 cm³/mol. The molecule has 34 heavy (non-hydrogen) atoms. The topological polar surface area (TPSA) is 49.8 Å². The van der Waals surface area contributed by atoms with Gasteiger partial charge in [-0.3, -0.25) is 4.79 Å². The van der Waals surface area contributed by atoms with Crippen LogP contribution in [-0.2, 0) is 16.1 Å². The van der Waals surface area contributed by atoms with Crippen LogP contribution in [-0.4, -0.2) is 42.2 Å². The molecule has 4 nitrogen and oxygen atoms in total. The third-order valence-electron chi connectivity index (χ3n) is 8.92. The van der Waals surface area contributed by atoms with E-state index >= 15 is 0 Å². The van der Waals surface area contributed by atoms with E-state index in [1.165, 1.54) is 30.4 Å². The number of ether oxygens (including phenoxy) is 1. The molecule has 0 amide bonds. The summed E-state index contributed by atoms with van der Waals surface area (Å²) in [5.41, 5.74) is 2.46. The number of carbonyl (C=O) groups is 1. The number of hydrogen-bond acceptors (Lipinski definition) is 3. The van der Waals surface area contributed by atoms with Gasteiger partial charge in [0.25, 0.3) is 0 Å². The van der Waals surface area contributed by atoms with Crippen LogP contribution in [0, 0.1) is 16.7 Å². The quantitative estimate of drug-likeness (QED) is 0.438. The lowest BCUT2D eigenvalue weighted by Crippen LogP contribution is -2.51. The Balaban J connectivity index is 1.18. The number of carboxylic acid groups (broad SMARTS) is 1. The first-order valence-corrected chi connectivity index (χ1v) is 13.2. The van der Waals surface area contributed by atoms with E-state index in [2.05, 4.69) is 59.5 Å². The van der Waals surface area contributed by atoms with Crippen LogP contribution in [0.3, 0.4) is 0 Å². The summed E-state index contributed by atoms with van der Waals surface area (Å²) in [6.07, 6.45) is 8.76. The Labute approximate surface area is 204 Å². The Morgan fingerprint density at radius 3 is 2.26 bits per heavy atom. The van der Waals surface area contributed by atoms with Gasteiger partial charge in [0, 0.05) is 6.54 Å². The second-order valence-electron chi connectivity index (χ2n) is 11.2. The minimum atomic E-state index is -0.595. The molecule has 1 N–H and O–H groups in total. The summed E-state index contributed by atoms with van der Waals surface area (Å²) >= 11 is 0. The van der Waals surface area contributed by atoms with Gasteiger partial charge in [0.05, 0.1) is 18.6 Å². The molecule has 2 aromatic rings. The van der Waals surface area contributed by atoms with Gasteiger partial charge in [0.15, 0.2) is 0 Å². The maximum atomic E-state index is 11.9. The highest BCUT2D eigenvalue weighted by molar-refractivity contribution is 5.76. The van der Waals surface area contributed by atoms with Crippen molar-refractivity contribution in [3.8, 4) is 0 Å². The minimum Gasteiger partial charge on any atom is -0.481 e. The van der Waals surface area contributed by atoms with Crippen molar-refractivity contribution >= 4 is 5.97 Å². The van der Waals surface area contributed by atoms with Gasteiger partial charge in [-0.2, -0.15) is 0 Å². The molecule has 1 saturated heterocycles. The second kappa shape index (κ2) is 10.2. The van der Waals surface area contributed by atoms with Gasteiger partial charge in [0.1, 0.15) is 0 Å². The number of hydrogen-bond donors (Lipinski definition) is 1. The highest BCUT2D eigenvalue weighted by Gasteiger charge is 2.47. The highest BCUT2D eigenvalue weighted by Crippen LogP contribution is 2.52. The van der Waals surface area contributed by atoms with Crippen LogP contribution in [0.15, 0.2) is 60.7 Å². The van der Waals surface area contributed by atoms with Gasteiger partial charge in [-0.05, 0) is 86.4 Å². The summed E-state index contributed by atoms with van der Waals surface area (Å²) in [5.74, 6) is 0.941. The molecule has 182 valence electrons. The molecular formula is C30H39NO3. The van der Waals surface area contributed by atoms with Gasteiger partial charge in [-0.15, -0.1) is 0 Å². The van der Waals surface area contributed by atoms with Crippen molar-refractivity contribution in [2.75, 3.05) is 26.2 Å². The lowest BCUT2D eigenvalue weighted by atomic mass is 9.67. The Morgan fingerprint density at radius 2 is 1.65 bits per heavy atom. The van der Waals surface area contributed by atoms with Crippen molar-refractivity contribution in [1.82, 2.24) is 4.90 Å². The summed E-state index contributed by atoms with van der Waals surface area (Å²) in [4.78, 5) is 14.3. The summed E-state index contributed by atoms with van der Waals surface area (Å²) in [6, 6.07) is 21.4. The summed E-state index contributed by atoms with van der Waals surface area (Å²) in [5, 5.41) is 9.77. The van der Waals surface area contributed by atoms with Crippen molar-refractivity contribution in [2.45, 2.75) is 63.9 Å². The molecule has 0 aromatic heterocycles. The van der Waals surface area contributed by atoms with Crippen LogP contribution in [0.5, 0.6) is 0 Å². The molecule has 1 unspecified atom stereocenters. The van der Waals surface area contributed by atoms with Gasteiger partial charge in [-0.1, -0.05) is 67.1 Å². The summed E-state index contributed by atoms with van der Waals surface area (Å²) in [6.45, 7) is 4.20. The van der Waals surface area contributed by atoms with E-state index in [4.69, 9.17) is 4.74 Å². The van der Waals surface area contributed by atoms with Gasteiger partial charge < -0.3 is 14.7 Å². The molecule has 3 fully saturated rings. The van der Waals surface area contributed by atoms with Gasteiger partial charge >= 0.3 is 5.97 Å². The zero-order valence-electron chi connectivity index (χ0n) is 20.3. The maximum absolute atomic E-state index is 11.9. The Kier molecular flexibility index (Phi) is 7.08. The van der Waals surface area contributed by atoms with Crippen molar-refractivity contribution < 1.29 is 14.6 Å². The standard InChI is InChI=1S/C30H39NO3/c32-28(33)30(13-7-14-30)22-31-18-16-29(17-19-31,23-34-21-24-8-3-1-4-9-24)15-12-26-20-27(26)25-10-5-2-6-11-25/h1-6,8-11,26-27H,7,12-23H2,(H,32,33)/t26-,27?/m1/s1. The molecule has 2 atom stereocenters. The zero-order valence-corrected chi connectivity index (χ0v) is 20.3. The molecule has 2 aromatic carbocycles. The van der Waals surface area contributed by atoms with E-state index in [0.29, 0.717) is 6.61 Å². The van der Waals surface area contributed by atoms with E-state index in [0.717, 1.165) is 70.2 Å². The third-order valence-corrected chi connectivity index (χ3v) is 8.92. The third kappa shape index (κ3) is 5.39. The SMILES string of the molecule is O=C(O)C1(CN2CCC(CC[C@@H]3CC3c3ccccc3)(COCc3ccccc3)CC2)CCC1. The van der Waals surface area contributed by atoms with Crippen LogP contribution in [0.25, 0.3) is 0 Å². The van der Waals surface area contributed by atoms with E-state index in [-0.39, 0.29) is 5.41 Å². The second-order valence-corrected chi connectivity index (χ2v) is 11.2. The molecule has 3 aliphatic rings. The fourth-order valence-electron chi connectivity index (χ4n) is 6.25. The number of likely N-dealkylation sites (tertiary alicyclic amines) is 1. The zero-order chi connectivity index (χ0) is 23.4. The first kappa shape index (κ1) is 23.6. The number of carboxylic acids is 1. The first-order chi connectivity index (χ1) is 16.6. The molecule has 1 heterocycles. The van der Waals surface area contributed by atoms with Crippen LogP contribution in [0.1, 0.15) is 68.4 Å². The monoisotopic (exact) mass is 461 g/mol. The molecule has 1 aliphatic heterocycles. The van der Waals surface area contributed by atoms with Gasteiger partial charge in [-0.25, -0.2) is 0 Å². The van der Waals surface area contributed by atoms with Gasteiger partial charge in [0.2, 0.25) is 0 Å². The highest BCUT2D eigenvalue weighted by atomic mass is 16.5. The fourth-order valence-corrected chi connectivity index (χ4v) is 6.25. The van der Waals surface area contributed by atoms with Crippen LogP contribution in [0.2, 0.25) is 0 Å². The number of rotatable bonds is 11. The Bertz CT molecular complexity index is 932. The lowest BCUT2D eigenvalue weighted by Gasteiger charge is -2.46. The number of aliphatic carboxylic acids is 1. The van der Waals surface area contributed by atoms with Crippen LogP contribution < -0.4 is 0 Å². The predicted octanol–water partition coefficient (Wildman–Crippen LogP) is 6.12. The van der Waals surface area contributed by atoms with Crippen molar-refractivity contribution in [2.24, 2.45) is 16.7 Å². The molecular weight excluding hydrogens is 422 g/mol. The lowest BCUT2D eigenvalue weighted by molar-refractivity contribution is -0.157. The van der Waals surface area contributed by atoms with E-state index in [9.17, 15) is 9.90 Å². The molecule has 2 saturated carbocycles. The number of piperidine rings is 1. The average molecular weight is 462 g/mol. The Morgan fingerprint density at radius 1 is 0.971 bits per heavy atom. The number of nitrogens with zero attached hydrogens (tertiary/aromatic N) is 1. The summed E-state index contributed by atoms with van der Waals surface area (Å²) in [7, 11) is 0. The van der Waals surface area contributed by atoms with Crippen molar-refractivity contribution in [1.29, 1.82) is 0 Å². The normalized spacial score (nSPS) is 25.4. The minimum absolute atomic E-state index is 0.213. The average Bonchev–Trinajstić information content (AvgIpc) is 3.62. The fraction of sp³-hybridized carbons (Fsp3) is 0.567. The van der Waals surface area contributed by atoms with Crippen LogP contribution >= 0.6 is 0 Å². The molecule has 4 heteroatoms. The van der Waals surface area contributed by atoms with Crippen LogP contribution in [0.4, 0.5) is 0 Å². The number of benzene rings is 2. The smallest absolute Gasteiger partial charge is 0.310 e. The van der Waals surface area contributed by atoms with E-state index < -0.39 is 11.4 Å². The molecule has 5 rings (SSSR count). The largest absolute Gasteiger partial charge is 0.481 e. The van der Waals surface area contributed by atoms with E-state index in [1.807, 2.05) is 6.07 Å². The Hall–Kier alpha value is -2.17. The maximum Gasteiger partial charge on any atom is 0.310 e. The summed E-state index contributed by atoms with van der Waals surface area (Å²) < 4.78 is 6.32. The van der Waals surface area contributed by atoms with E-state index in [1.54, 1.807) is 0 Å². The van der Waals surface area contributed by atoms with Crippen molar-refractivity contribution in [3.05, 3.63) is 71.8 Å².